The van der Waals surface area contributed by atoms with E-state index in [1.807, 2.05) is 18.2 Å². The Labute approximate surface area is 184 Å². The number of fused-ring (bicyclic) bond motifs is 1. The number of aryl methyl sites for hydroxylation is 1. The summed E-state index contributed by atoms with van der Waals surface area (Å²) in [5, 5.41) is 0. The molecule has 0 nitrogen and oxygen atoms in total. The lowest BCUT2D eigenvalue weighted by molar-refractivity contribution is 0.0718. The molecule has 3 fully saturated rings. The molecule has 164 valence electrons. The summed E-state index contributed by atoms with van der Waals surface area (Å²) in [6, 6.07) is 6.05. The van der Waals surface area contributed by atoms with Crippen molar-refractivity contribution < 1.29 is 4.39 Å². The van der Waals surface area contributed by atoms with Crippen LogP contribution in [0.5, 0.6) is 0 Å². The molecule has 3 saturated carbocycles. The van der Waals surface area contributed by atoms with Gasteiger partial charge in [0.2, 0.25) is 0 Å². The highest BCUT2D eigenvalue weighted by Gasteiger charge is 2.38. The summed E-state index contributed by atoms with van der Waals surface area (Å²) in [4.78, 5) is 0. The van der Waals surface area contributed by atoms with Crippen LogP contribution in [0.3, 0.4) is 0 Å². The molecule has 3 aliphatic rings. The van der Waals surface area contributed by atoms with Crippen molar-refractivity contribution in [2.45, 2.75) is 89.9 Å². The number of allylic oxidation sites excluding steroid dienone is 3. The Hall–Kier alpha value is -1.37. The minimum Gasteiger partial charge on any atom is -0.207 e. The third-order valence-corrected chi connectivity index (χ3v) is 8.76. The van der Waals surface area contributed by atoms with Crippen LogP contribution in [0.15, 0.2) is 43.0 Å². The second-order valence-electron chi connectivity index (χ2n) is 10.5. The van der Waals surface area contributed by atoms with Crippen molar-refractivity contribution in [1.82, 2.24) is 0 Å². The maximum Gasteiger partial charge on any atom is 0.126 e. The molecule has 0 radical (unpaired) electrons. The van der Waals surface area contributed by atoms with Gasteiger partial charge in [0.1, 0.15) is 5.82 Å². The van der Waals surface area contributed by atoms with E-state index in [0.29, 0.717) is 5.92 Å². The van der Waals surface area contributed by atoms with Crippen LogP contribution in [-0.4, -0.2) is 0 Å². The third-order valence-electron chi connectivity index (χ3n) is 8.76. The van der Waals surface area contributed by atoms with Crippen LogP contribution in [0.1, 0.15) is 94.6 Å². The summed E-state index contributed by atoms with van der Waals surface area (Å²) < 4.78 is 14.5. The molecule has 0 amide bonds. The Morgan fingerprint density at radius 1 is 0.900 bits per heavy atom. The van der Waals surface area contributed by atoms with Crippen molar-refractivity contribution in [1.29, 1.82) is 0 Å². The van der Waals surface area contributed by atoms with Gasteiger partial charge >= 0.3 is 0 Å². The highest BCUT2D eigenvalue weighted by Crippen LogP contribution is 2.50. The highest BCUT2D eigenvalue weighted by molar-refractivity contribution is 5.27. The van der Waals surface area contributed by atoms with E-state index in [4.69, 9.17) is 0 Å². The predicted molar refractivity (Wildman–Crippen MR) is 126 cm³/mol. The second-order valence-corrected chi connectivity index (χ2v) is 10.5. The van der Waals surface area contributed by atoms with E-state index in [-0.39, 0.29) is 5.82 Å². The molecule has 1 aromatic rings. The fourth-order valence-electron chi connectivity index (χ4n) is 7.04. The fraction of sp³-hybridized carbons (Fsp3) is 0.655. The Bertz CT molecular complexity index is 724. The Balaban J connectivity index is 1.28. The summed E-state index contributed by atoms with van der Waals surface area (Å²) >= 11 is 0. The van der Waals surface area contributed by atoms with Gasteiger partial charge in [-0.05, 0) is 137 Å². The van der Waals surface area contributed by atoms with E-state index in [1.165, 1.54) is 69.8 Å². The average Bonchev–Trinajstić information content (AvgIpc) is 2.78. The molecule has 0 heterocycles. The van der Waals surface area contributed by atoms with Crippen molar-refractivity contribution in [2.24, 2.45) is 29.6 Å². The van der Waals surface area contributed by atoms with Gasteiger partial charge in [0.05, 0.1) is 0 Å². The van der Waals surface area contributed by atoms with Crippen LogP contribution in [0.2, 0.25) is 0 Å². The van der Waals surface area contributed by atoms with Gasteiger partial charge in [-0.15, -0.1) is 6.58 Å². The monoisotopic (exact) mass is 408 g/mol. The Morgan fingerprint density at radius 2 is 1.57 bits per heavy atom. The number of benzene rings is 1. The molecule has 0 aromatic heterocycles. The van der Waals surface area contributed by atoms with E-state index in [0.717, 1.165) is 48.0 Å². The van der Waals surface area contributed by atoms with Crippen molar-refractivity contribution in [3.05, 3.63) is 60.0 Å². The second kappa shape index (κ2) is 10.3. The molecule has 1 heteroatoms. The molecular formula is C29H41F. The summed E-state index contributed by atoms with van der Waals surface area (Å²) in [5.74, 6) is 5.29. The first-order valence-corrected chi connectivity index (χ1v) is 12.7. The third kappa shape index (κ3) is 5.09. The van der Waals surface area contributed by atoms with Crippen LogP contribution in [0.4, 0.5) is 4.39 Å². The number of hydrogen-bond donors (Lipinski definition) is 0. The standard InChI is InChI=1S/C29H41F/c1-3-5-7-24-14-15-28(20-29(24)30)23-12-10-22(11-13-23)26-17-16-25-18-21(6-4-2)8-9-27(25)19-26/h3-4,6,14-15,20-23,25-27H,1,5,7-13,16-19H2,2H3/b6-4+. The molecule has 0 spiro atoms. The van der Waals surface area contributed by atoms with Gasteiger partial charge in [0.15, 0.2) is 0 Å². The first-order valence-electron chi connectivity index (χ1n) is 12.7. The van der Waals surface area contributed by atoms with E-state index >= 15 is 0 Å². The predicted octanol–water partition coefficient (Wildman–Crippen LogP) is 8.63. The van der Waals surface area contributed by atoms with Gasteiger partial charge in [-0.3, -0.25) is 0 Å². The molecule has 0 N–H and O–H groups in total. The summed E-state index contributed by atoms with van der Waals surface area (Å²) in [6.07, 6.45) is 22.2. The lowest BCUT2D eigenvalue weighted by Gasteiger charge is -2.45. The topological polar surface area (TPSA) is 0 Å². The van der Waals surface area contributed by atoms with E-state index in [9.17, 15) is 4.39 Å². The first-order chi connectivity index (χ1) is 14.7. The maximum atomic E-state index is 14.5. The van der Waals surface area contributed by atoms with E-state index < -0.39 is 0 Å². The number of halogens is 1. The quantitative estimate of drug-likeness (QED) is 0.413. The van der Waals surface area contributed by atoms with Crippen LogP contribution in [0.25, 0.3) is 0 Å². The summed E-state index contributed by atoms with van der Waals surface area (Å²) in [7, 11) is 0. The van der Waals surface area contributed by atoms with Gasteiger partial charge < -0.3 is 0 Å². The average molecular weight is 409 g/mol. The van der Waals surface area contributed by atoms with Crippen molar-refractivity contribution in [3.63, 3.8) is 0 Å². The van der Waals surface area contributed by atoms with Gasteiger partial charge in [-0.1, -0.05) is 30.4 Å². The summed E-state index contributed by atoms with van der Waals surface area (Å²) in [6.45, 7) is 5.92. The molecule has 0 aliphatic heterocycles. The molecule has 4 unspecified atom stereocenters. The minimum atomic E-state index is -0.0108. The Kier molecular flexibility index (Phi) is 7.50. The zero-order chi connectivity index (χ0) is 20.9. The summed E-state index contributed by atoms with van der Waals surface area (Å²) in [5.41, 5.74) is 2.08. The van der Waals surface area contributed by atoms with Gasteiger partial charge in [-0.2, -0.15) is 0 Å². The molecule has 1 aromatic carbocycles. The van der Waals surface area contributed by atoms with Crippen LogP contribution in [0, 0.1) is 35.4 Å². The van der Waals surface area contributed by atoms with E-state index in [1.54, 1.807) is 0 Å². The van der Waals surface area contributed by atoms with Crippen LogP contribution in [-0.2, 0) is 6.42 Å². The van der Waals surface area contributed by atoms with Gasteiger partial charge in [0.25, 0.3) is 0 Å². The SMILES string of the molecule is C=CCCc1ccc(C2CCC(C3CCC4CC(/C=C/C)CCC4C3)CC2)cc1F. The number of rotatable bonds is 6. The molecule has 0 bridgehead atoms. The molecular weight excluding hydrogens is 367 g/mol. The lowest BCUT2D eigenvalue weighted by atomic mass is 9.61. The molecule has 0 saturated heterocycles. The first kappa shape index (κ1) is 21.8. The largest absolute Gasteiger partial charge is 0.207 e. The molecule has 3 aliphatic carbocycles. The number of hydrogen-bond acceptors (Lipinski definition) is 0. The molecule has 4 rings (SSSR count). The molecule has 4 atom stereocenters. The lowest BCUT2D eigenvalue weighted by Crippen LogP contribution is -2.34. The normalized spacial score (nSPS) is 34.6. The highest BCUT2D eigenvalue weighted by atomic mass is 19.1. The smallest absolute Gasteiger partial charge is 0.126 e. The van der Waals surface area contributed by atoms with Crippen molar-refractivity contribution in [3.8, 4) is 0 Å². The molecule has 30 heavy (non-hydrogen) atoms. The minimum absolute atomic E-state index is 0.0108. The van der Waals surface area contributed by atoms with Crippen molar-refractivity contribution >= 4 is 0 Å². The fourth-order valence-corrected chi connectivity index (χ4v) is 7.04. The van der Waals surface area contributed by atoms with Crippen LogP contribution < -0.4 is 0 Å². The van der Waals surface area contributed by atoms with Crippen molar-refractivity contribution in [2.75, 3.05) is 0 Å². The zero-order valence-corrected chi connectivity index (χ0v) is 19.0. The van der Waals surface area contributed by atoms with Gasteiger partial charge in [0, 0.05) is 0 Å². The zero-order valence-electron chi connectivity index (χ0n) is 19.0. The van der Waals surface area contributed by atoms with Gasteiger partial charge in [-0.25, -0.2) is 4.39 Å². The maximum absolute atomic E-state index is 14.5. The van der Waals surface area contributed by atoms with Crippen LogP contribution >= 0.6 is 0 Å². The Morgan fingerprint density at radius 3 is 2.27 bits per heavy atom. The van der Waals surface area contributed by atoms with E-state index in [2.05, 4.69) is 31.7 Å².